The lowest BCUT2D eigenvalue weighted by atomic mass is 9.99. The summed E-state index contributed by atoms with van der Waals surface area (Å²) in [7, 11) is 0. The largest absolute Gasteiger partial charge is 0.334 e. The third-order valence-corrected chi connectivity index (χ3v) is 5.66. The van der Waals surface area contributed by atoms with Crippen molar-refractivity contribution in [2.75, 3.05) is 0 Å². The second-order valence-electron chi connectivity index (χ2n) is 6.81. The maximum atomic E-state index is 13.4. The van der Waals surface area contributed by atoms with E-state index in [9.17, 15) is 9.18 Å². The van der Waals surface area contributed by atoms with Crippen molar-refractivity contribution >= 4 is 21.8 Å². The van der Waals surface area contributed by atoms with Crippen molar-refractivity contribution < 1.29 is 9.18 Å². The number of hydrogen-bond donors (Lipinski definition) is 2. The third kappa shape index (κ3) is 3.75. The molecule has 2 fully saturated rings. The van der Waals surface area contributed by atoms with Crippen LogP contribution in [0.4, 0.5) is 4.39 Å². The third-order valence-electron chi connectivity index (χ3n) is 4.56. The molecule has 3 rings (SSSR count). The van der Waals surface area contributed by atoms with E-state index in [2.05, 4.69) is 40.6 Å². The highest BCUT2D eigenvalue weighted by Gasteiger charge is 2.44. The second kappa shape index (κ2) is 6.87. The summed E-state index contributed by atoms with van der Waals surface area (Å²) in [4.78, 5) is 14.9. The maximum Gasteiger partial charge on any atom is 0.242 e. The molecule has 1 aromatic carbocycles. The summed E-state index contributed by atoms with van der Waals surface area (Å²) in [5.74, 6) is 0.237. The maximum absolute atomic E-state index is 13.4. The van der Waals surface area contributed by atoms with Gasteiger partial charge in [-0.1, -0.05) is 41.9 Å². The van der Waals surface area contributed by atoms with E-state index >= 15 is 0 Å². The first-order valence-corrected chi connectivity index (χ1v) is 9.09. The molecule has 0 aromatic heterocycles. The molecule has 6 heteroatoms. The van der Waals surface area contributed by atoms with Crippen LogP contribution >= 0.6 is 15.9 Å². The van der Waals surface area contributed by atoms with Crippen LogP contribution in [0.2, 0.25) is 0 Å². The molecule has 1 aliphatic carbocycles. The number of hydrogen-bond acceptors (Lipinski definition) is 3. The average molecular weight is 384 g/mol. The summed E-state index contributed by atoms with van der Waals surface area (Å²) in [6, 6.07) is 6.69. The molecular weight excluding hydrogens is 361 g/mol. The predicted molar refractivity (Wildman–Crippen MR) is 91.4 cm³/mol. The lowest BCUT2D eigenvalue weighted by molar-refractivity contribution is -0.134. The van der Waals surface area contributed by atoms with Crippen molar-refractivity contribution in [1.82, 2.24) is 15.8 Å². The quantitative estimate of drug-likeness (QED) is 0.768. The molecule has 2 aliphatic rings. The van der Waals surface area contributed by atoms with Gasteiger partial charge in [0, 0.05) is 18.6 Å². The molecule has 1 amide bonds. The van der Waals surface area contributed by atoms with Crippen molar-refractivity contribution in [3.05, 3.63) is 35.6 Å². The molecule has 3 atom stereocenters. The topological polar surface area (TPSA) is 44.4 Å². The number of halogens is 2. The molecule has 1 saturated heterocycles. The van der Waals surface area contributed by atoms with E-state index in [1.165, 1.54) is 12.1 Å². The molecule has 3 unspecified atom stereocenters. The van der Waals surface area contributed by atoms with E-state index in [1.807, 2.05) is 11.0 Å². The van der Waals surface area contributed by atoms with Crippen LogP contribution in [0.5, 0.6) is 0 Å². The summed E-state index contributed by atoms with van der Waals surface area (Å²) >= 11 is 3.67. The predicted octanol–water partition coefficient (Wildman–Crippen LogP) is 2.58. The first kappa shape index (κ1) is 16.9. The zero-order chi connectivity index (χ0) is 16.6. The summed E-state index contributed by atoms with van der Waals surface area (Å²) in [6.07, 6.45) is 2.06. The van der Waals surface area contributed by atoms with Gasteiger partial charge in [-0.05, 0) is 36.5 Å². The fraction of sp³-hybridized carbons (Fsp3) is 0.588. The number of alkyl halides is 1. The molecule has 4 nitrogen and oxygen atoms in total. The van der Waals surface area contributed by atoms with Gasteiger partial charge in [0.2, 0.25) is 5.91 Å². The Labute approximate surface area is 144 Å². The minimum atomic E-state index is -0.295. The van der Waals surface area contributed by atoms with Gasteiger partial charge < -0.3 is 4.90 Å². The van der Waals surface area contributed by atoms with Crippen LogP contribution in [-0.4, -0.2) is 33.8 Å². The van der Waals surface area contributed by atoms with Gasteiger partial charge in [-0.3, -0.25) is 10.2 Å². The van der Waals surface area contributed by atoms with Gasteiger partial charge in [0.15, 0.2) is 0 Å². The number of benzene rings is 1. The molecule has 23 heavy (non-hydrogen) atoms. The average Bonchev–Trinajstić information content (AvgIpc) is 3.26. The molecule has 126 valence electrons. The van der Waals surface area contributed by atoms with Gasteiger partial charge in [0.25, 0.3) is 0 Å². The van der Waals surface area contributed by atoms with E-state index in [-0.39, 0.29) is 34.7 Å². The molecule has 1 saturated carbocycles. The summed E-state index contributed by atoms with van der Waals surface area (Å²) < 4.78 is 13.4. The molecular formula is C17H23BrFN3O. The molecule has 1 aromatic rings. The monoisotopic (exact) mass is 383 g/mol. The number of carbonyl (C=O) groups excluding carboxylic acids is 1. The fourth-order valence-electron chi connectivity index (χ4n) is 3.07. The molecule has 0 radical (unpaired) electrons. The zero-order valence-corrected chi connectivity index (χ0v) is 15.0. The first-order chi connectivity index (χ1) is 11.0. The Bertz CT molecular complexity index is 579. The summed E-state index contributed by atoms with van der Waals surface area (Å²) in [5.41, 5.74) is 7.19. The first-order valence-electron chi connectivity index (χ1n) is 8.17. The molecule has 0 bridgehead atoms. The lowest BCUT2D eigenvalue weighted by Gasteiger charge is -2.27. The minimum absolute atomic E-state index is 0.0451. The number of carbonyl (C=O) groups is 1. The van der Waals surface area contributed by atoms with Gasteiger partial charge in [-0.2, -0.15) is 0 Å². The van der Waals surface area contributed by atoms with E-state index < -0.39 is 0 Å². The van der Waals surface area contributed by atoms with Crippen molar-refractivity contribution in [2.45, 2.75) is 56.2 Å². The van der Waals surface area contributed by atoms with Crippen LogP contribution in [0.3, 0.4) is 0 Å². The van der Waals surface area contributed by atoms with Gasteiger partial charge in [-0.25, -0.2) is 9.82 Å². The number of nitrogens with zero attached hydrogens (tertiary/aromatic N) is 1. The highest BCUT2D eigenvalue weighted by Crippen LogP contribution is 2.31. The van der Waals surface area contributed by atoms with Crippen molar-refractivity contribution in [1.29, 1.82) is 0 Å². The number of hydrazine groups is 1. The van der Waals surface area contributed by atoms with Crippen LogP contribution < -0.4 is 10.9 Å². The van der Waals surface area contributed by atoms with Crippen LogP contribution in [-0.2, 0) is 11.3 Å². The highest BCUT2D eigenvalue weighted by atomic mass is 79.9. The SMILES string of the molecule is CC(C)C1NNC(C(=O)N(Cc2cccc(F)c2)C2CC2)C1Br. The van der Waals surface area contributed by atoms with Crippen LogP contribution in [0, 0.1) is 11.7 Å². The summed E-state index contributed by atoms with van der Waals surface area (Å²) in [5, 5.41) is 0. The van der Waals surface area contributed by atoms with Gasteiger partial charge in [0.1, 0.15) is 11.9 Å². The second-order valence-corrected chi connectivity index (χ2v) is 7.87. The number of nitrogens with one attached hydrogen (secondary N) is 2. The molecule has 2 N–H and O–H groups in total. The number of rotatable bonds is 5. The van der Waals surface area contributed by atoms with E-state index in [0.29, 0.717) is 12.5 Å². The molecule has 1 heterocycles. The smallest absolute Gasteiger partial charge is 0.242 e. The molecule has 1 aliphatic heterocycles. The van der Waals surface area contributed by atoms with Gasteiger partial charge in [-0.15, -0.1) is 0 Å². The Morgan fingerprint density at radius 1 is 1.39 bits per heavy atom. The zero-order valence-electron chi connectivity index (χ0n) is 13.4. The number of amides is 1. The van der Waals surface area contributed by atoms with E-state index in [0.717, 1.165) is 18.4 Å². The molecule has 0 spiro atoms. The van der Waals surface area contributed by atoms with Crippen molar-refractivity contribution in [3.63, 3.8) is 0 Å². The Kier molecular flexibility index (Phi) is 5.04. The van der Waals surface area contributed by atoms with Crippen LogP contribution in [0.1, 0.15) is 32.3 Å². The lowest BCUT2D eigenvalue weighted by Crippen LogP contribution is -2.48. The van der Waals surface area contributed by atoms with E-state index in [4.69, 9.17) is 0 Å². The van der Waals surface area contributed by atoms with E-state index in [1.54, 1.807) is 6.07 Å². The van der Waals surface area contributed by atoms with Gasteiger partial charge >= 0.3 is 0 Å². The van der Waals surface area contributed by atoms with Crippen LogP contribution in [0.25, 0.3) is 0 Å². The minimum Gasteiger partial charge on any atom is -0.334 e. The normalized spacial score (nSPS) is 27.4. The Morgan fingerprint density at radius 2 is 2.13 bits per heavy atom. The van der Waals surface area contributed by atoms with Crippen molar-refractivity contribution in [3.8, 4) is 0 Å². The highest BCUT2D eigenvalue weighted by molar-refractivity contribution is 9.09. The Hall–Kier alpha value is -0.980. The fourth-order valence-corrected chi connectivity index (χ4v) is 4.17. The Morgan fingerprint density at radius 3 is 2.70 bits per heavy atom. The Balaban J connectivity index is 1.73. The van der Waals surface area contributed by atoms with Crippen LogP contribution in [0.15, 0.2) is 24.3 Å². The van der Waals surface area contributed by atoms with Crippen molar-refractivity contribution in [2.24, 2.45) is 5.92 Å². The summed E-state index contributed by atoms with van der Waals surface area (Å²) in [6.45, 7) is 4.73. The standard InChI is InChI=1S/C17H23BrFN3O/c1-10(2)15-14(18)16(21-20-15)17(23)22(13-6-7-13)9-11-4-3-5-12(19)8-11/h3-5,8,10,13-16,20-21H,6-7,9H2,1-2H3. The van der Waals surface area contributed by atoms with Gasteiger partial charge in [0.05, 0.1) is 4.83 Å².